The minimum absolute atomic E-state index is 0.0437. The monoisotopic (exact) mass is 655 g/mol. The van der Waals surface area contributed by atoms with Crippen molar-refractivity contribution in [2.45, 2.75) is 36.8 Å². The number of benzene rings is 4. The number of nitrogens with one attached hydrogen (secondary N) is 3. The summed E-state index contributed by atoms with van der Waals surface area (Å²) in [6.07, 6.45) is 3.31. The smallest absolute Gasteiger partial charge is 0.338 e. The molecule has 0 aliphatic carbocycles. The maximum Gasteiger partial charge on any atom is 0.338 e. The number of thioether (sulfide) groups is 1. The largest absolute Gasteiger partial charge is 0.462 e. The number of amides is 3. The average molecular weight is 656 g/mol. The SMILES string of the molecule is CCCCOC(=O)c1ccc(NC(=O)C(C)Sc2cccc(NC(=O)/C(=C/c3ccc(Cl)cc3)NC(=O)c3ccccc3)c2)cc1. The number of hydrogen-bond donors (Lipinski definition) is 3. The molecule has 0 aromatic heterocycles. The first-order valence-corrected chi connectivity index (χ1v) is 16.0. The molecule has 0 radical (unpaired) electrons. The minimum atomic E-state index is -0.523. The second kappa shape index (κ2) is 17.0. The van der Waals surface area contributed by atoms with E-state index in [1.54, 1.807) is 110 Å². The van der Waals surface area contributed by atoms with Gasteiger partial charge in [-0.15, -0.1) is 11.8 Å². The molecule has 0 saturated heterocycles. The van der Waals surface area contributed by atoms with Crippen LogP contribution in [0.25, 0.3) is 6.08 Å². The molecule has 0 aliphatic rings. The molecule has 4 rings (SSSR count). The zero-order valence-electron chi connectivity index (χ0n) is 25.4. The van der Waals surface area contributed by atoms with E-state index >= 15 is 0 Å². The van der Waals surface area contributed by atoms with Crippen LogP contribution in [0.5, 0.6) is 0 Å². The highest BCUT2D eigenvalue weighted by Crippen LogP contribution is 2.27. The van der Waals surface area contributed by atoms with Gasteiger partial charge in [0.1, 0.15) is 5.70 Å². The van der Waals surface area contributed by atoms with E-state index in [-0.39, 0.29) is 11.6 Å². The minimum Gasteiger partial charge on any atom is -0.462 e. The fourth-order valence-electron chi connectivity index (χ4n) is 4.10. The quantitative estimate of drug-likeness (QED) is 0.0586. The van der Waals surface area contributed by atoms with Crippen molar-refractivity contribution in [3.63, 3.8) is 0 Å². The third-order valence-electron chi connectivity index (χ3n) is 6.60. The van der Waals surface area contributed by atoms with Crippen molar-refractivity contribution in [2.75, 3.05) is 17.2 Å². The number of carbonyl (C=O) groups excluding carboxylic acids is 4. The van der Waals surface area contributed by atoms with Crippen LogP contribution in [-0.2, 0) is 14.3 Å². The maximum absolute atomic E-state index is 13.4. The van der Waals surface area contributed by atoms with Gasteiger partial charge in [0.15, 0.2) is 0 Å². The van der Waals surface area contributed by atoms with Gasteiger partial charge in [-0.1, -0.05) is 61.3 Å². The van der Waals surface area contributed by atoms with Crippen LogP contribution < -0.4 is 16.0 Å². The molecule has 0 fully saturated rings. The van der Waals surface area contributed by atoms with Crippen LogP contribution in [0.1, 0.15) is 53.0 Å². The van der Waals surface area contributed by atoms with Crippen LogP contribution in [0.3, 0.4) is 0 Å². The Hall–Kier alpha value is -4.86. The van der Waals surface area contributed by atoms with Crippen molar-refractivity contribution in [3.8, 4) is 0 Å². The van der Waals surface area contributed by atoms with E-state index in [0.29, 0.717) is 39.7 Å². The van der Waals surface area contributed by atoms with Crippen LogP contribution in [-0.4, -0.2) is 35.5 Å². The molecule has 1 atom stereocenters. The highest BCUT2D eigenvalue weighted by Gasteiger charge is 2.18. The highest BCUT2D eigenvalue weighted by molar-refractivity contribution is 8.00. The zero-order valence-corrected chi connectivity index (χ0v) is 27.0. The lowest BCUT2D eigenvalue weighted by Gasteiger charge is -2.14. The maximum atomic E-state index is 13.4. The van der Waals surface area contributed by atoms with Crippen molar-refractivity contribution in [2.24, 2.45) is 0 Å². The Morgan fingerprint density at radius 2 is 1.54 bits per heavy atom. The van der Waals surface area contributed by atoms with Gasteiger partial charge in [0, 0.05) is 26.9 Å². The lowest BCUT2D eigenvalue weighted by molar-refractivity contribution is -0.115. The van der Waals surface area contributed by atoms with E-state index in [2.05, 4.69) is 16.0 Å². The molecule has 0 saturated carbocycles. The summed E-state index contributed by atoms with van der Waals surface area (Å²) >= 11 is 7.33. The molecule has 46 heavy (non-hydrogen) atoms. The van der Waals surface area contributed by atoms with Crippen LogP contribution in [0, 0.1) is 0 Å². The normalized spacial score (nSPS) is 11.7. The number of carbonyl (C=O) groups is 4. The summed E-state index contributed by atoms with van der Waals surface area (Å²) in [6, 6.07) is 29.1. The Bertz CT molecular complexity index is 1690. The Morgan fingerprint density at radius 1 is 0.826 bits per heavy atom. The molecule has 0 spiro atoms. The summed E-state index contributed by atoms with van der Waals surface area (Å²) in [5.41, 5.74) is 2.59. The van der Waals surface area contributed by atoms with Crippen molar-refractivity contribution < 1.29 is 23.9 Å². The Kier molecular flexibility index (Phi) is 12.6. The van der Waals surface area contributed by atoms with Gasteiger partial charge >= 0.3 is 5.97 Å². The second-order valence-electron chi connectivity index (χ2n) is 10.2. The molecular weight excluding hydrogens is 622 g/mol. The molecule has 1 unspecified atom stereocenters. The molecule has 3 amide bonds. The number of unbranched alkanes of at least 4 members (excludes halogenated alkanes) is 1. The number of anilines is 2. The predicted octanol–water partition coefficient (Wildman–Crippen LogP) is 7.83. The van der Waals surface area contributed by atoms with Crippen molar-refractivity contribution in [1.82, 2.24) is 5.32 Å². The van der Waals surface area contributed by atoms with Crippen LogP contribution in [0.15, 0.2) is 114 Å². The molecule has 0 aliphatic heterocycles. The molecule has 8 nitrogen and oxygen atoms in total. The third-order valence-corrected chi connectivity index (χ3v) is 7.95. The molecule has 10 heteroatoms. The van der Waals surface area contributed by atoms with Gasteiger partial charge in [0.05, 0.1) is 17.4 Å². The van der Waals surface area contributed by atoms with Gasteiger partial charge in [-0.05, 0) is 91.7 Å². The Labute approximate surface area is 277 Å². The van der Waals surface area contributed by atoms with E-state index in [0.717, 1.165) is 17.7 Å². The van der Waals surface area contributed by atoms with Gasteiger partial charge in [-0.2, -0.15) is 0 Å². The molecule has 4 aromatic carbocycles. The second-order valence-corrected chi connectivity index (χ2v) is 12.1. The first-order chi connectivity index (χ1) is 22.2. The van der Waals surface area contributed by atoms with Crippen molar-refractivity contribution in [3.05, 3.63) is 131 Å². The highest BCUT2D eigenvalue weighted by atomic mass is 35.5. The summed E-state index contributed by atoms with van der Waals surface area (Å²) in [6.45, 7) is 4.17. The fraction of sp³-hybridized carbons (Fsp3) is 0.167. The number of ether oxygens (including phenoxy) is 1. The van der Waals surface area contributed by atoms with Gasteiger partial charge < -0.3 is 20.7 Å². The molecule has 4 aromatic rings. The first-order valence-electron chi connectivity index (χ1n) is 14.7. The van der Waals surface area contributed by atoms with Crippen molar-refractivity contribution >= 4 is 64.5 Å². The summed E-state index contributed by atoms with van der Waals surface area (Å²) in [5.74, 6) is -1.57. The Balaban J connectivity index is 1.40. The topological polar surface area (TPSA) is 114 Å². The summed E-state index contributed by atoms with van der Waals surface area (Å²) in [7, 11) is 0. The predicted molar refractivity (Wildman–Crippen MR) is 184 cm³/mol. The molecule has 236 valence electrons. The van der Waals surface area contributed by atoms with Crippen LogP contribution in [0.2, 0.25) is 5.02 Å². The molecule has 3 N–H and O–H groups in total. The van der Waals surface area contributed by atoms with Gasteiger partial charge in [-0.25, -0.2) is 4.79 Å². The summed E-state index contributed by atoms with van der Waals surface area (Å²) in [4.78, 5) is 52.1. The molecule has 0 bridgehead atoms. The lowest BCUT2D eigenvalue weighted by atomic mass is 10.1. The average Bonchev–Trinajstić information content (AvgIpc) is 3.06. The van der Waals surface area contributed by atoms with E-state index in [4.69, 9.17) is 16.3 Å². The van der Waals surface area contributed by atoms with Crippen molar-refractivity contribution in [1.29, 1.82) is 0 Å². The summed E-state index contributed by atoms with van der Waals surface area (Å²) in [5, 5.41) is 8.49. The van der Waals surface area contributed by atoms with E-state index in [1.165, 1.54) is 11.8 Å². The molecule has 0 heterocycles. The first kappa shape index (κ1) is 34.0. The standard InChI is InChI=1S/C36H34ClN3O5S/c1-3-4-21-45-36(44)27-15-19-29(20-16-27)38-33(41)24(2)46-31-12-8-11-30(23-31)39-35(43)32(22-25-13-17-28(37)18-14-25)40-34(42)26-9-6-5-7-10-26/h5-20,22-24H,3-4,21H2,1-2H3,(H,38,41)(H,39,43)(H,40,42)/b32-22-. The lowest BCUT2D eigenvalue weighted by Crippen LogP contribution is -2.30. The van der Waals surface area contributed by atoms with Gasteiger partial charge in [-0.3, -0.25) is 14.4 Å². The van der Waals surface area contributed by atoms with Crippen LogP contribution >= 0.6 is 23.4 Å². The van der Waals surface area contributed by atoms with E-state index in [9.17, 15) is 19.2 Å². The number of halogens is 1. The fourth-order valence-corrected chi connectivity index (χ4v) is 5.15. The molecular formula is C36H34ClN3O5S. The Morgan fingerprint density at radius 3 is 2.24 bits per heavy atom. The summed E-state index contributed by atoms with van der Waals surface area (Å²) < 4.78 is 5.22. The number of rotatable bonds is 13. The number of hydrogen-bond acceptors (Lipinski definition) is 6. The zero-order chi connectivity index (χ0) is 32.9. The third kappa shape index (κ3) is 10.4. The van der Waals surface area contributed by atoms with Gasteiger partial charge in [0.2, 0.25) is 5.91 Å². The van der Waals surface area contributed by atoms with E-state index < -0.39 is 23.0 Å². The van der Waals surface area contributed by atoms with Crippen LogP contribution in [0.4, 0.5) is 11.4 Å². The van der Waals surface area contributed by atoms with Gasteiger partial charge in [0.25, 0.3) is 11.8 Å². The van der Waals surface area contributed by atoms with E-state index in [1.807, 2.05) is 13.0 Å². The number of esters is 1.